The second kappa shape index (κ2) is 11.5. The molecule has 1 saturated heterocycles. The number of carbonyl (C=O) groups excluding carboxylic acids is 1. The van der Waals surface area contributed by atoms with Crippen LogP contribution in [0.3, 0.4) is 0 Å². The van der Waals surface area contributed by atoms with Gasteiger partial charge in [0.1, 0.15) is 18.5 Å². The fourth-order valence-corrected chi connectivity index (χ4v) is 2.33. The molecule has 5 nitrogen and oxygen atoms in total. The van der Waals surface area contributed by atoms with Crippen LogP contribution in [0.2, 0.25) is 0 Å². The number of ether oxygens (including phenoxy) is 1. The third-order valence-corrected chi connectivity index (χ3v) is 3.62. The zero-order valence-corrected chi connectivity index (χ0v) is 15.6. The Hall–Kier alpha value is -1.08. The number of amides is 1. The topological polar surface area (TPSA) is 53.6 Å². The van der Waals surface area contributed by atoms with Gasteiger partial charge in [0.25, 0.3) is 0 Å². The summed E-state index contributed by atoms with van der Waals surface area (Å²) in [5.74, 6) is 0.607. The summed E-state index contributed by atoms with van der Waals surface area (Å²) in [6.45, 7) is 2.05. The van der Waals surface area contributed by atoms with Crippen LogP contribution in [-0.4, -0.2) is 56.8 Å². The van der Waals surface area contributed by atoms with Gasteiger partial charge in [0.2, 0.25) is 5.91 Å². The molecule has 1 aromatic carbocycles. The van der Waals surface area contributed by atoms with E-state index in [1.165, 1.54) is 0 Å². The average molecular weight is 382 g/mol. The molecule has 2 atom stereocenters. The molecule has 1 aliphatic rings. The number of carbonyl (C=O) groups is 1. The third-order valence-electron chi connectivity index (χ3n) is 3.62. The predicted octanol–water partition coefficient (Wildman–Crippen LogP) is 1.79. The van der Waals surface area contributed by atoms with Gasteiger partial charge >= 0.3 is 0 Å². The lowest BCUT2D eigenvalue weighted by Gasteiger charge is -2.15. The Kier molecular flexibility index (Phi) is 11.0. The summed E-state index contributed by atoms with van der Waals surface area (Å²) >= 11 is 0. The number of hydrogen-bond acceptors (Lipinski definition) is 4. The van der Waals surface area contributed by atoms with Crippen LogP contribution in [0.5, 0.6) is 5.75 Å². The monoisotopic (exact) mass is 381 g/mol. The summed E-state index contributed by atoms with van der Waals surface area (Å²) < 4.78 is 18.9. The van der Waals surface area contributed by atoms with E-state index in [2.05, 4.69) is 10.6 Å². The Balaban J connectivity index is 0.00000264. The number of likely N-dealkylation sites (N-methyl/N-ethyl adjacent to an activating group) is 1. The van der Waals surface area contributed by atoms with Crippen LogP contribution in [0.1, 0.15) is 12.0 Å². The van der Waals surface area contributed by atoms with Gasteiger partial charge in [-0.2, -0.15) is 0 Å². The molecule has 8 heteroatoms. The zero-order chi connectivity index (χ0) is 15.9. The van der Waals surface area contributed by atoms with Gasteiger partial charge in [-0.15, -0.1) is 24.8 Å². The number of alkyl halides is 1. The van der Waals surface area contributed by atoms with E-state index in [4.69, 9.17) is 4.74 Å². The van der Waals surface area contributed by atoms with E-state index in [-0.39, 0.29) is 43.7 Å². The summed E-state index contributed by atoms with van der Waals surface area (Å²) in [7, 11) is 3.98. The molecule has 0 aliphatic carbocycles. The molecule has 1 fully saturated rings. The molecular formula is C16H26Cl2FN3O2. The van der Waals surface area contributed by atoms with Crippen LogP contribution in [0.4, 0.5) is 4.39 Å². The molecule has 2 N–H and O–H groups in total. The second-order valence-electron chi connectivity index (χ2n) is 5.77. The first kappa shape index (κ1) is 22.9. The number of rotatable bonds is 7. The van der Waals surface area contributed by atoms with Crippen LogP contribution in [0.15, 0.2) is 24.3 Å². The first-order valence-corrected chi connectivity index (χ1v) is 7.57. The zero-order valence-electron chi connectivity index (χ0n) is 14.0. The molecule has 24 heavy (non-hydrogen) atoms. The highest BCUT2D eigenvalue weighted by atomic mass is 35.5. The Morgan fingerprint density at radius 2 is 2.08 bits per heavy atom. The Morgan fingerprint density at radius 1 is 1.38 bits per heavy atom. The minimum Gasteiger partial charge on any atom is -0.492 e. The number of nitrogens with one attached hydrogen (secondary N) is 2. The fourth-order valence-electron chi connectivity index (χ4n) is 2.33. The van der Waals surface area contributed by atoms with Gasteiger partial charge in [-0.25, -0.2) is 4.39 Å². The summed E-state index contributed by atoms with van der Waals surface area (Å²) in [5, 5.41) is 5.72. The minimum absolute atomic E-state index is 0. The molecule has 138 valence electrons. The third kappa shape index (κ3) is 7.21. The Morgan fingerprint density at radius 3 is 2.71 bits per heavy atom. The van der Waals surface area contributed by atoms with Crippen molar-refractivity contribution in [1.29, 1.82) is 0 Å². The number of benzene rings is 1. The Bertz CT molecular complexity index is 506. The number of hydrogen-bond donors (Lipinski definition) is 2. The van der Waals surface area contributed by atoms with Gasteiger partial charge in [-0.3, -0.25) is 4.79 Å². The number of para-hydroxylation sites is 1. The van der Waals surface area contributed by atoms with Gasteiger partial charge in [0, 0.05) is 31.6 Å². The highest BCUT2D eigenvalue weighted by Gasteiger charge is 2.28. The van der Waals surface area contributed by atoms with Crippen molar-refractivity contribution in [3.63, 3.8) is 0 Å². The second-order valence-corrected chi connectivity index (χ2v) is 5.77. The van der Waals surface area contributed by atoms with Gasteiger partial charge in [0.05, 0.1) is 6.04 Å². The van der Waals surface area contributed by atoms with E-state index in [0.717, 1.165) is 17.9 Å². The van der Waals surface area contributed by atoms with Crippen molar-refractivity contribution >= 4 is 30.7 Å². The van der Waals surface area contributed by atoms with Crippen molar-refractivity contribution in [2.24, 2.45) is 0 Å². The molecule has 1 amide bonds. The lowest BCUT2D eigenvalue weighted by molar-refractivity contribution is -0.123. The van der Waals surface area contributed by atoms with Crippen molar-refractivity contribution in [2.75, 3.05) is 33.8 Å². The largest absolute Gasteiger partial charge is 0.492 e. The van der Waals surface area contributed by atoms with Crippen LogP contribution in [0.25, 0.3) is 0 Å². The van der Waals surface area contributed by atoms with Gasteiger partial charge < -0.3 is 20.3 Å². The smallest absolute Gasteiger partial charge is 0.237 e. The summed E-state index contributed by atoms with van der Waals surface area (Å²) in [5.41, 5.74) is 0.921. The lowest BCUT2D eigenvalue weighted by Crippen LogP contribution is -2.40. The molecule has 0 bridgehead atoms. The summed E-state index contributed by atoms with van der Waals surface area (Å²) in [4.78, 5) is 14.0. The van der Waals surface area contributed by atoms with Crippen molar-refractivity contribution in [1.82, 2.24) is 15.5 Å². The summed E-state index contributed by atoms with van der Waals surface area (Å²) in [6.07, 6.45) is -0.690. The number of halogens is 3. The van der Waals surface area contributed by atoms with Crippen LogP contribution in [-0.2, 0) is 11.3 Å². The molecule has 0 saturated carbocycles. The van der Waals surface area contributed by atoms with E-state index in [0.29, 0.717) is 13.2 Å². The number of nitrogens with zero attached hydrogens (tertiary/aromatic N) is 1. The van der Waals surface area contributed by atoms with Crippen LogP contribution >= 0.6 is 24.8 Å². The highest BCUT2D eigenvalue weighted by molar-refractivity contribution is 5.85. The SMILES string of the molecule is CN(C)CCOc1ccccc1CNC(=O)[C@H]1C[C@H](F)CN1.Cl.Cl. The van der Waals surface area contributed by atoms with E-state index in [1.54, 1.807) is 0 Å². The molecule has 0 unspecified atom stereocenters. The van der Waals surface area contributed by atoms with Gasteiger partial charge in [0.15, 0.2) is 0 Å². The van der Waals surface area contributed by atoms with Gasteiger partial charge in [-0.05, 0) is 20.2 Å². The first-order chi connectivity index (χ1) is 10.6. The normalized spacial score (nSPS) is 19.3. The molecule has 0 spiro atoms. The predicted molar refractivity (Wildman–Crippen MR) is 98.1 cm³/mol. The van der Waals surface area contributed by atoms with Crippen molar-refractivity contribution in [3.05, 3.63) is 29.8 Å². The fraction of sp³-hybridized carbons (Fsp3) is 0.562. The maximum absolute atomic E-state index is 13.1. The standard InChI is InChI=1S/C16H24FN3O2.2ClH/c1-20(2)7-8-22-15-6-4-3-5-12(15)10-19-16(21)14-9-13(17)11-18-14;;/h3-6,13-14,18H,7-11H2,1-2H3,(H,19,21);2*1H/t13-,14+;;/m0../s1. The van der Waals surface area contributed by atoms with Crippen molar-refractivity contribution in [3.8, 4) is 5.75 Å². The molecule has 2 rings (SSSR count). The maximum atomic E-state index is 13.1. The molecular weight excluding hydrogens is 356 g/mol. The highest BCUT2D eigenvalue weighted by Crippen LogP contribution is 2.18. The van der Waals surface area contributed by atoms with Crippen LogP contribution < -0.4 is 15.4 Å². The van der Waals surface area contributed by atoms with Crippen LogP contribution in [0, 0.1) is 0 Å². The average Bonchev–Trinajstić information content (AvgIpc) is 2.92. The van der Waals surface area contributed by atoms with E-state index >= 15 is 0 Å². The van der Waals surface area contributed by atoms with Crippen molar-refractivity contribution < 1.29 is 13.9 Å². The Labute approximate surface area is 155 Å². The lowest BCUT2D eigenvalue weighted by atomic mass is 10.1. The molecule has 0 radical (unpaired) electrons. The van der Waals surface area contributed by atoms with Gasteiger partial charge in [-0.1, -0.05) is 18.2 Å². The van der Waals surface area contributed by atoms with E-state index in [9.17, 15) is 9.18 Å². The van der Waals surface area contributed by atoms with E-state index < -0.39 is 12.2 Å². The summed E-state index contributed by atoms with van der Waals surface area (Å²) in [6, 6.07) is 7.19. The molecule has 1 aliphatic heterocycles. The first-order valence-electron chi connectivity index (χ1n) is 7.57. The minimum atomic E-state index is -0.933. The van der Waals surface area contributed by atoms with Crippen molar-refractivity contribution in [2.45, 2.75) is 25.2 Å². The molecule has 0 aromatic heterocycles. The molecule has 1 aromatic rings. The maximum Gasteiger partial charge on any atom is 0.237 e. The molecule has 1 heterocycles. The van der Waals surface area contributed by atoms with E-state index in [1.807, 2.05) is 43.3 Å². The quantitative estimate of drug-likeness (QED) is 0.755.